The number of hydrogen-bond acceptors (Lipinski definition) is 0. The minimum Gasteiger partial charge on any atom is -0.0652 e. The van der Waals surface area contributed by atoms with Crippen LogP contribution >= 0.6 is 0 Å². The van der Waals surface area contributed by atoms with E-state index in [0.29, 0.717) is 0 Å². The molecule has 0 radical (unpaired) electrons. The summed E-state index contributed by atoms with van der Waals surface area (Å²) in [4.78, 5) is 0. The van der Waals surface area contributed by atoms with E-state index in [2.05, 4.69) is 242 Å². The third kappa shape index (κ3) is 17.2. The van der Waals surface area contributed by atoms with Gasteiger partial charge in [0, 0.05) is 0 Å². The molecule has 2 heteroatoms. The minimum absolute atomic E-state index is 0.113. The van der Waals surface area contributed by atoms with Gasteiger partial charge in [-0.25, -0.2) is 0 Å². The van der Waals surface area contributed by atoms with Crippen LogP contribution in [-0.2, 0) is 47.3 Å². The quantitative estimate of drug-likeness (QED) is 0.120. The fourth-order valence-electron chi connectivity index (χ4n) is 14.7. The molecule has 0 N–H and O–H groups in total. The fourth-order valence-corrected chi connectivity index (χ4v) is 23.4. The molecule has 0 amide bonds. The second kappa shape index (κ2) is 28.2. The first-order chi connectivity index (χ1) is 40.8. The van der Waals surface area contributed by atoms with Gasteiger partial charge in [-0.2, -0.15) is 0 Å². The Bertz CT molecular complexity index is 2890. The molecule has 0 atom stereocenters. The standard InChI is InChI=1S/C84H114Si2/c1-81(2,3)75-43-35-65(36-44-75)71-55-63(56-72(59-71)66-37-45-76(46-38-66)82(4,5)6)31-33-69-61-80-70(62-79(69)85(13)51-27-23-19-15-17-21-25-29-53-86(80,14)54-30-26-22-18-16-20-24-28-52-85)34-32-64-57-73(67-39-47-77(48-40-67)83(7,8)9)60-74(58-64)68-41-49-78(50-42-68)84(10,11)12/h35-50,55-62H,15-34,51-54H2,1-14H3. The highest BCUT2D eigenvalue weighted by Crippen LogP contribution is 2.37. The average Bonchev–Trinajstić information content (AvgIpc) is 2.67. The Hall–Kier alpha value is -5.03. The summed E-state index contributed by atoms with van der Waals surface area (Å²) in [5, 5.41) is 3.68. The maximum atomic E-state index is 2.98. The number of aryl methyl sites for hydroxylation is 4. The van der Waals surface area contributed by atoms with E-state index < -0.39 is 16.1 Å². The predicted molar refractivity (Wildman–Crippen MR) is 386 cm³/mol. The molecule has 0 saturated carbocycles. The lowest BCUT2D eigenvalue weighted by Gasteiger charge is -2.36. The Kier molecular flexibility index (Phi) is 21.5. The van der Waals surface area contributed by atoms with Crippen LogP contribution in [-0.4, -0.2) is 16.1 Å². The summed E-state index contributed by atoms with van der Waals surface area (Å²) in [7, 11) is -3.91. The average molecular weight is 1180 g/mol. The highest BCUT2D eigenvalue weighted by Gasteiger charge is 2.36. The van der Waals surface area contributed by atoms with E-state index in [1.807, 2.05) is 10.4 Å². The van der Waals surface area contributed by atoms with Gasteiger partial charge in [0.2, 0.25) is 0 Å². The van der Waals surface area contributed by atoms with Gasteiger partial charge < -0.3 is 0 Å². The summed E-state index contributed by atoms with van der Waals surface area (Å²) in [5.41, 5.74) is 23.0. The topological polar surface area (TPSA) is 0 Å². The number of benzene rings is 7. The summed E-state index contributed by atoms with van der Waals surface area (Å²) in [5.74, 6) is 0. The van der Waals surface area contributed by atoms with Gasteiger partial charge in [-0.3, -0.25) is 0 Å². The first-order valence-corrected chi connectivity index (χ1v) is 40.6. The monoisotopic (exact) mass is 1180 g/mol. The lowest BCUT2D eigenvalue weighted by atomic mass is 9.85. The van der Waals surface area contributed by atoms with Crippen molar-refractivity contribution in [2.45, 2.75) is 270 Å². The van der Waals surface area contributed by atoms with Crippen molar-refractivity contribution in [1.82, 2.24) is 0 Å². The van der Waals surface area contributed by atoms with Crippen molar-refractivity contribution in [1.29, 1.82) is 0 Å². The SMILES string of the molecule is CC(C)(C)c1ccc(-c2cc(CCc3cc4c(CCc5cc(-c6ccc(C(C)(C)C)cc6)cc(-c6ccc(C(C)(C)C)cc6)c5)cc3[Si]3(C)CCCCCCCCCC[Si]4(C)CCCCCCCCCC3)cc(-c3ccc(C(C)(C)C)cc3)c2)cc1. The molecular weight excluding hydrogens is 1070 g/mol. The van der Waals surface area contributed by atoms with Crippen molar-refractivity contribution < 1.29 is 0 Å². The summed E-state index contributed by atoms with van der Waals surface area (Å²) >= 11 is 0. The van der Waals surface area contributed by atoms with Crippen molar-refractivity contribution >= 4 is 26.5 Å². The van der Waals surface area contributed by atoms with Gasteiger partial charge >= 0.3 is 0 Å². The summed E-state index contributed by atoms with van der Waals surface area (Å²) in [6.07, 6.45) is 26.8. The Morgan fingerprint density at radius 2 is 0.453 bits per heavy atom. The Balaban J connectivity index is 1.19. The van der Waals surface area contributed by atoms with E-state index in [1.54, 1.807) is 11.1 Å². The lowest BCUT2D eigenvalue weighted by Crippen LogP contribution is -2.51. The largest absolute Gasteiger partial charge is 0.0840 e. The summed E-state index contributed by atoms with van der Waals surface area (Å²) < 4.78 is 0. The van der Waals surface area contributed by atoms with Crippen LogP contribution in [0, 0.1) is 0 Å². The molecule has 0 nitrogen and oxygen atoms in total. The second-order valence-corrected chi connectivity index (χ2v) is 41.4. The molecule has 11 rings (SSSR count). The molecule has 0 aliphatic carbocycles. The van der Waals surface area contributed by atoms with E-state index >= 15 is 0 Å². The van der Waals surface area contributed by atoms with Crippen LogP contribution in [0.3, 0.4) is 0 Å². The zero-order valence-electron chi connectivity index (χ0n) is 56.8. The van der Waals surface area contributed by atoms with Crippen molar-refractivity contribution in [3.8, 4) is 44.5 Å². The van der Waals surface area contributed by atoms with Gasteiger partial charge in [-0.1, -0.05) is 367 Å². The van der Waals surface area contributed by atoms with Gasteiger partial charge in [0.15, 0.2) is 0 Å². The van der Waals surface area contributed by atoms with E-state index in [-0.39, 0.29) is 21.7 Å². The van der Waals surface area contributed by atoms with Gasteiger partial charge in [-0.15, -0.1) is 0 Å². The van der Waals surface area contributed by atoms with Crippen LogP contribution < -0.4 is 10.4 Å². The highest BCUT2D eigenvalue weighted by molar-refractivity contribution is 6.93. The maximum Gasteiger partial charge on any atom is 0.0840 e. The molecule has 4 aliphatic heterocycles. The van der Waals surface area contributed by atoms with Crippen LogP contribution in [0.25, 0.3) is 44.5 Å². The molecule has 7 aromatic carbocycles. The van der Waals surface area contributed by atoms with Crippen LogP contribution in [0.5, 0.6) is 0 Å². The van der Waals surface area contributed by atoms with Crippen molar-refractivity contribution in [3.63, 3.8) is 0 Å². The molecule has 0 spiro atoms. The van der Waals surface area contributed by atoms with Gasteiger partial charge in [0.05, 0.1) is 16.1 Å². The molecule has 0 saturated heterocycles. The van der Waals surface area contributed by atoms with Crippen molar-refractivity contribution in [3.05, 3.63) is 190 Å². The van der Waals surface area contributed by atoms with Crippen molar-refractivity contribution in [2.24, 2.45) is 0 Å². The number of hydrogen-bond donors (Lipinski definition) is 0. The van der Waals surface area contributed by atoms with Crippen molar-refractivity contribution in [2.75, 3.05) is 0 Å². The molecule has 4 aliphatic rings. The molecule has 86 heavy (non-hydrogen) atoms. The van der Waals surface area contributed by atoms with Crippen LogP contribution in [0.15, 0.2) is 146 Å². The van der Waals surface area contributed by atoms with Gasteiger partial charge in [-0.05, 0) is 148 Å². The molecule has 0 unspecified atom stereocenters. The highest BCUT2D eigenvalue weighted by atomic mass is 28.3. The van der Waals surface area contributed by atoms with Crippen LogP contribution in [0.1, 0.15) is 230 Å². The van der Waals surface area contributed by atoms with E-state index in [4.69, 9.17) is 0 Å². The maximum absolute atomic E-state index is 2.98. The van der Waals surface area contributed by atoms with E-state index in [1.165, 1.54) is 205 Å². The third-order valence-electron chi connectivity index (χ3n) is 20.7. The minimum atomic E-state index is -1.96. The summed E-state index contributed by atoms with van der Waals surface area (Å²) in [6.45, 7) is 33.7. The predicted octanol–water partition coefficient (Wildman–Crippen LogP) is 24.0. The Morgan fingerprint density at radius 3 is 0.663 bits per heavy atom. The van der Waals surface area contributed by atoms with Gasteiger partial charge in [0.1, 0.15) is 0 Å². The molecule has 458 valence electrons. The summed E-state index contributed by atoms with van der Waals surface area (Å²) in [6, 6.07) is 65.0. The van der Waals surface area contributed by atoms with Crippen LogP contribution in [0.4, 0.5) is 0 Å². The molecule has 0 aromatic heterocycles. The smallest absolute Gasteiger partial charge is 0.0652 e. The zero-order chi connectivity index (χ0) is 61.3. The fraction of sp³-hybridized carbons (Fsp3) is 0.500. The molecular formula is C84H114Si2. The second-order valence-electron chi connectivity index (χ2n) is 32.1. The Labute approximate surface area is 528 Å². The van der Waals surface area contributed by atoms with E-state index in [9.17, 15) is 0 Å². The normalized spacial score (nSPS) is 19.3. The number of fused-ring (bicyclic) bond motifs is 18. The molecule has 0 fully saturated rings. The molecule has 7 aromatic rings. The van der Waals surface area contributed by atoms with Gasteiger partial charge in [0.25, 0.3) is 0 Å². The third-order valence-corrected chi connectivity index (χ3v) is 30.1. The Morgan fingerprint density at radius 1 is 0.244 bits per heavy atom. The van der Waals surface area contributed by atoms with Crippen LogP contribution in [0.2, 0.25) is 37.3 Å². The first-order valence-electron chi connectivity index (χ1n) is 34.7. The molecule has 4 heterocycles. The first kappa shape index (κ1) is 65.4. The molecule has 4 bridgehead atoms. The zero-order valence-corrected chi connectivity index (χ0v) is 58.8. The van der Waals surface area contributed by atoms with E-state index in [0.717, 1.165) is 25.7 Å². The number of rotatable bonds is 10. The lowest BCUT2D eigenvalue weighted by molar-refractivity contribution is 0.575.